The van der Waals surface area contributed by atoms with Gasteiger partial charge < -0.3 is 10.4 Å². The number of thiophene rings is 1. The van der Waals surface area contributed by atoms with Crippen LogP contribution >= 0.6 is 11.3 Å². The number of anilines is 1. The quantitative estimate of drug-likeness (QED) is 0.876. The molecule has 1 heterocycles. The second kappa shape index (κ2) is 6.31. The zero-order valence-corrected chi connectivity index (χ0v) is 12.6. The SMILES string of the molecule is O=C(O)C1CCCC(Nc2ccccc2-c2cccs2)C1. The molecule has 1 aliphatic carbocycles. The Kier molecular flexibility index (Phi) is 4.25. The van der Waals surface area contributed by atoms with Gasteiger partial charge in [0.1, 0.15) is 0 Å². The molecule has 1 aliphatic rings. The molecule has 3 rings (SSSR count). The van der Waals surface area contributed by atoms with Crippen LogP contribution in [0, 0.1) is 5.92 Å². The number of aliphatic carboxylic acids is 1. The fraction of sp³-hybridized carbons (Fsp3) is 0.353. The number of hydrogen-bond acceptors (Lipinski definition) is 3. The zero-order valence-electron chi connectivity index (χ0n) is 11.8. The van der Waals surface area contributed by atoms with Crippen LogP contribution in [0.3, 0.4) is 0 Å². The van der Waals surface area contributed by atoms with Gasteiger partial charge in [-0.25, -0.2) is 0 Å². The van der Waals surface area contributed by atoms with E-state index < -0.39 is 5.97 Å². The number of para-hydroxylation sites is 1. The lowest BCUT2D eigenvalue weighted by molar-refractivity contribution is -0.142. The fourth-order valence-corrected chi connectivity index (χ4v) is 3.79. The number of carboxylic acids is 1. The minimum Gasteiger partial charge on any atom is -0.481 e. The van der Waals surface area contributed by atoms with Crippen molar-refractivity contribution in [1.82, 2.24) is 0 Å². The van der Waals surface area contributed by atoms with E-state index in [9.17, 15) is 9.90 Å². The molecule has 0 saturated heterocycles. The first-order valence-corrected chi connectivity index (χ1v) is 8.24. The molecular formula is C17H19NO2S. The molecule has 0 bridgehead atoms. The average molecular weight is 301 g/mol. The molecule has 1 saturated carbocycles. The zero-order chi connectivity index (χ0) is 14.7. The standard InChI is InChI=1S/C17H19NO2S/c19-17(20)12-5-3-6-13(11-12)18-15-8-2-1-7-14(15)16-9-4-10-21-16/h1-2,4,7-10,12-13,18H,3,5-6,11H2,(H,19,20). The summed E-state index contributed by atoms with van der Waals surface area (Å²) in [6.07, 6.45) is 3.55. The van der Waals surface area contributed by atoms with Crippen LogP contribution in [-0.2, 0) is 4.79 Å². The van der Waals surface area contributed by atoms with Crippen molar-refractivity contribution < 1.29 is 9.90 Å². The molecule has 1 fully saturated rings. The van der Waals surface area contributed by atoms with Crippen LogP contribution in [0.5, 0.6) is 0 Å². The second-order valence-electron chi connectivity index (χ2n) is 5.57. The first-order valence-electron chi connectivity index (χ1n) is 7.36. The molecule has 2 N–H and O–H groups in total. The van der Waals surface area contributed by atoms with Gasteiger partial charge in [0.05, 0.1) is 5.92 Å². The number of carbonyl (C=O) groups is 1. The number of hydrogen-bond donors (Lipinski definition) is 2. The Morgan fingerprint density at radius 3 is 2.81 bits per heavy atom. The minimum atomic E-state index is -0.659. The summed E-state index contributed by atoms with van der Waals surface area (Å²) in [5, 5.41) is 14.8. The number of benzene rings is 1. The molecule has 0 amide bonds. The highest BCUT2D eigenvalue weighted by Crippen LogP contribution is 2.34. The van der Waals surface area contributed by atoms with E-state index in [2.05, 4.69) is 35.0 Å². The normalized spacial score (nSPS) is 21.9. The molecule has 0 aliphatic heterocycles. The molecule has 1 aromatic carbocycles. The predicted molar refractivity (Wildman–Crippen MR) is 86.8 cm³/mol. The fourth-order valence-electron chi connectivity index (χ4n) is 3.02. The lowest BCUT2D eigenvalue weighted by atomic mass is 9.85. The topological polar surface area (TPSA) is 49.3 Å². The molecule has 4 heteroatoms. The number of carboxylic acid groups (broad SMARTS) is 1. The van der Waals surface area contributed by atoms with Gasteiger partial charge in [0.15, 0.2) is 0 Å². The first-order chi connectivity index (χ1) is 10.2. The van der Waals surface area contributed by atoms with Crippen molar-refractivity contribution in [2.45, 2.75) is 31.7 Å². The van der Waals surface area contributed by atoms with Crippen molar-refractivity contribution in [2.75, 3.05) is 5.32 Å². The molecule has 2 aromatic rings. The number of nitrogens with one attached hydrogen (secondary N) is 1. The van der Waals surface area contributed by atoms with Crippen LogP contribution in [0.15, 0.2) is 41.8 Å². The number of rotatable bonds is 4. The average Bonchev–Trinajstić information content (AvgIpc) is 3.02. The van der Waals surface area contributed by atoms with E-state index in [1.807, 2.05) is 12.1 Å². The summed E-state index contributed by atoms with van der Waals surface area (Å²) >= 11 is 1.72. The van der Waals surface area contributed by atoms with Crippen LogP contribution in [0.4, 0.5) is 5.69 Å². The van der Waals surface area contributed by atoms with E-state index in [0.717, 1.165) is 24.9 Å². The van der Waals surface area contributed by atoms with Crippen LogP contribution in [0.2, 0.25) is 0 Å². The van der Waals surface area contributed by atoms with Gasteiger partial charge in [-0.15, -0.1) is 11.3 Å². The van der Waals surface area contributed by atoms with E-state index in [0.29, 0.717) is 6.42 Å². The van der Waals surface area contributed by atoms with Gasteiger partial charge in [0, 0.05) is 22.2 Å². The van der Waals surface area contributed by atoms with Gasteiger partial charge in [-0.3, -0.25) is 4.79 Å². The molecule has 21 heavy (non-hydrogen) atoms. The van der Waals surface area contributed by atoms with Crippen molar-refractivity contribution >= 4 is 23.0 Å². The Morgan fingerprint density at radius 2 is 2.05 bits per heavy atom. The molecule has 2 atom stereocenters. The maximum Gasteiger partial charge on any atom is 0.306 e. The highest BCUT2D eigenvalue weighted by molar-refractivity contribution is 7.13. The van der Waals surface area contributed by atoms with Gasteiger partial charge in [0.25, 0.3) is 0 Å². The lowest BCUT2D eigenvalue weighted by Crippen LogP contribution is -2.31. The molecule has 2 unspecified atom stereocenters. The van der Waals surface area contributed by atoms with Gasteiger partial charge in [-0.05, 0) is 36.8 Å². The monoisotopic (exact) mass is 301 g/mol. The lowest BCUT2D eigenvalue weighted by Gasteiger charge is -2.28. The summed E-state index contributed by atoms with van der Waals surface area (Å²) in [6, 6.07) is 12.7. The van der Waals surface area contributed by atoms with Crippen LogP contribution < -0.4 is 5.32 Å². The summed E-state index contributed by atoms with van der Waals surface area (Å²) < 4.78 is 0. The van der Waals surface area contributed by atoms with Gasteiger partial charge in [-0.1, -0.05) is 30.7 Å². The Balaban J connectivity index is 1.77. The summed E-state index contributed by atoms with van der Waals surface area (Å²) in [5.74, 6) is -0.863. The third-order valence-corrected chi connectivity index (χ3v) is 5.00. The van der Waals surface area contributed by atoms with E-state index >= 15 is 0 Å². The molecule has 1 aromatic heterocycles. The molecule has 3 nitrogen and oxygen atoms in total. The van der Waals surface area contributed by atoms with Crippen molar-refractivity contribution in [3.05, 3.63) is 41.8 Å². The maximum absolute atomic E-state index is 11.2. The summed E-state index contributed by atoms with van der Waals surface area (Å²) in [4.78, 5) is 12.4. The van der Waals surface area contributed by atoms with Gasteiger partial charge >= 0.3 is 5.97 Å². The predicted octanol–water partition coefficient (Wildman–Crippen LogP) is 4.47. The summed E-state index contributed by atoms with van der Waals surface area (Å²) in [5.41, 5.74) is 2.31. The Bertz CT molecular complexity index is 609. The Hall–Kier alpha value is -1.81. The minimum absolute atomic E-state index is 0.204. The molecule has 0 radical (unpaired) electrons. The second-order valence-corrected chi connectivity index (χ2v) is 6.51. The highest BCUT2D eigenvalue weighted by atomic mass is 32.1. The third kappa shape index (κ3) is 3.27. The van der Waals surface area contributed by atoms with Gasteiger partial charge in [0.2, 0.25) is 0 Å². The van der Waals surface area contributed by atoms with Crippen molar-refractivity contribution in [3.63, 3.8) is 0 Å². The maximum atomic E-state index is 11.2. The van der Waals surface area contributed by atoms with Gasteiger partial charge in [-0.2, -0.15) is 0 Å². The summed E-state index contributed by atoms with van der Waals surface area (Å²) in [7, 11) is 0. The van der Waals surface area contributed by atoms with E-state index in [1.54, 1.807) is 11.3 Å². The smallest absolute Gasteiger partial charge is 0.306 e. The largest absolute Gasteiger partial charge is 0.481 e. The third-order valence-electron chi connectivity index (χ3n) is 4.10. The van der Waals surface area contributed by atoms with Crippen LogP contribution in [0.25, 0.3) is 10.4 Å². The van der Waals surface area contributed by atoms with E-state index in [4.69, 9.17) is 0 Å². The Morgan fingerprint density at radius 1 is 1.19 bits per heavy atom. The van der Waals surface area contributed by atoms with E-state index in [-0.39, 0.29) is 12.0 Å². The summed E-state index contributed by atoms with van der Waals surface area (Å²) in [6.45, 7) is 0. The molecule has 0 spiro atoms. The van der Waals surface area contributed by atoms with Crippen LogP contribution in [-0.4, -0.2) is 17.1 Å². The molecular weight excluding hydrogens is 282 g/mol. The van der Waals surface area contributed by atoms with Crippen molar-refractivity contribution in [1.29, 1.82) is 0 Å². The first kappa shape index (κ1) is 14.1. The highest BCUT2D eigenvalue weighted by Gasteiger charge is 2.27. The Labute approximate surface area is 128 Å². The van der Waals surface area contributed by atoms with Crippen LogP contribution in [0.1, 0.15) is 25.7 Å². The van der Waals surface area contributed by atoms with Crippen molar-refractivity contribution in [3.8, 4) is 10.4 Å². The van der Waals surface area contributed by atoms with E-state index in [1.165, 1.54) is 10.4 Å². The van der Waals surface area contributed by atoms with Crippen molar-refractivity contribution in [2.24, 2.45) is 5.92 Å². The molecule has 110 valence electrons.